The monoisotopic (exact) mass is 909 g/mol. The predicted molar refractivity (Wildman–Crippen MR) is 240 cm³/mol. The third-order valence-corrected chi connectivity index (χ3v) is 14.4. The summed E-state index contributed by atoms with van der Waals surface area (Å²) in [6.07, 6.45) is -7.05. The number of likely N-dealkylation sites (N-methyl/N-ethyl adjacent to an activating group) is 1. The van der Waals surface area contributed by atoms with Gasteiger partial charge >= 0.3 is 5.97 Å². The van der Waals surface area contributed by atoms with Gasteiger partial charge in [0.15, 0.2) is 18.7 Å². The molecular formula is C47H80N4O13. The summed E-state index contributed by atoms with van der Waals surface area (Å²) in [7, 11) is 5.07. The molecule has 4 saturated heterocycles. The second-order valence-electron chi connectivity index (χ2n) is 19.7. The molecule has 0 bridgehead atoms. The number of amidine groups is 1. The lowest BCUT2D eigenvalue weighted by molar-refractivity contribution is -0.335. The molecular weight excluding hydrogens is 829 g/mol. The quantitative estimate of drug-likeness (QED) is 0.131. The maximum atomic E-state index is 14.5. The van der Waals surface area contributed by atoms with Gasteiger partial charge in [-0.05, 0) is 92.3 Å². The van der Waals surface area contributed by atoms with Crippen LogP contribution in [0.2, 0.25) is 0 Å². The molecule has 0 saturated carbocycles. The highest BCUT2D eigenvalue weighted by atomic mass is 16.7. The van der Waals surface area contributed by atoms with Crippen LogP contribution in [0.15, 0.2) is 35.3 Å². The number of carbonyl (C=O) groups excluding carboxylic acids is 1. The first-order valence-electron chi connectivity index (χ1n) is 23.2. The Labute approximate surface area is 380 Å². The molecule has 0 aliphatic carbocycles. The van der Waals surface area contributed by atoms with E-state index in [-0.39, 0.29) is 43.9 Å². The molecule has 17 nitrogen and oxygen atoms in total. The van der Waals surface area contributed by atoms with Crippen molar-refractivity contribution in [1.82, 2.24) is 15.5 Å². The Morgan fingerprint density at radius 1 is 0.969 bits per heavy atom. The zero-order chi connectivity index (χ0) is 47.4. The fourth-order valence-electron chi connectivity index (χ4n) is 10.3. The van der Waals surface area contributed by atoms with E-state index in [0.29, 0.717) is 32.1 Å². The van der Waals surface area contributed by atoms with Crippen molar-refractivity contribution in [1.29, 1.82) is 0 Å². The van der Waals surface area contributed by atoms with Crippen molar-refractivity contribution < 1.29 is 63.1 Å². The first-order chi connectivity index (χ1) is 30.0. The number of methoxy groups -OCH3 is 2. The number of benzene rings is 1. The van der Waals surface area contributed by atoms with Crippen LogP contribution in [-0.4, -0.2) is 175 Å². The predicted octanol–water partition coefficient (Wildman–Crippen LogP) is 3.26. The number of cyclic esters (lactones) is 1. The Bertz CT molecular complexity index is 1670. The molecule has 6 N–H and O–H groups in total. The van der Waals surface area contributed by atoms with Crippen molar-refractivity contribution in [3.8, 4) is 0 Å². The Hall–Kier alpha value is -2.52. The Balaban J connectivity index is 1.56. The molecule has 4 aliphatic heterocycles. The molecule has 0 amide bonds. The number of aliphatic hydroxyl groups is 4. The van der Waals surface area contributed by atoms with Gasteiger partial charge in [-0.15, -0.1) is 0 Å². The van der Waals surface area contributed by atoms with Crippen molar-refractivity contribution in [2.24, 2.45) is 22.7 Å². The van der Waals surface area contributed by atoms with Gasteiger partial charge < -0.3 is 73.9 Å². The number of fused-ring (bicyclic) bond motifs is 1. The van der Waals surface area contributed by atoms with E-state index in [1.54, 1.807) is 48.7 Å². The van der Waals surface area contributed by atoms with Crippen molar-refractivity contribution in [2.75, 3.05) is 47.5 Å². The van der Waals surface area contributed by atoms with E-state index >= 15 is 0 Å². The maximum Gasteiger partial charge on any atom is 0.311 e. The lowest BCUT2D eigenvalue weighted by Crippen LogP contribution is -2.70. The van der Waals surface area contributed by atoms with E-state index in [9.17, 15) is 25.2 Å². The number of nitrogens with one attached hydrogen (secondary N) is 2. The summed E-state index contributed by atoms with van der Waals surface area (Å²) in [5.74, 6) is -2.68. The molecule has 0 unspecified atom stereocenters. The minimum atomic E-state index is -1.83. The van der Waals surface area contributed by atoms with Crippen LogP contribution in [0.1, 0.15) is 94.9 Å². The number of hydrogen-bond acceptors (Lipinski definition) is 16. The van der Waals surface area contributed by atoms with E-state index in [4.69, 9.17) is 42.9 Å². The number of carbonyl (C=O) groups is 1. The number of rotatable bonds is 12. The lowest BCUT2D eigenvalue weighted by Gasteiger charge is -2.53. The van der Waals surface area contributed by atoms with Crippen LogP contribution in [0, 0.1) is 17.8 Å². The third kappa shape index (κ3) is 11.4. The maximum absolute atomic E-state index is 14.5. The molecule has 18 atom stereocenters. The van der Waals surface area contributed by atoms with E-state index in [1.807, 2.05) is 63.1 Å². The fraction of sp³-hybridized carbons (Fsp3) is 0.830. The van der Waals surface area contributed by atoms with Crippen molar-refractivity contribution >= 4 is 17.7 Å². The summed E-state index contributed by atoms with van der Waals surface area (Å²) in [5, 5.41) is 54.9. The summed E-state index contributed by atoms with van der Waals surface area (Å²) in [4.78, 5) is 21.3. The molecule has 4 fully saturated rings. The van der Waals surface area contributed by atoms with Crippen molar-refractivity contribution in [3.05, 3.63) is 30.3 Å². The molecule has 0 radical (unpaired) electrons. The SMILES string of the molecule is CC[C@H]1OC(=O)[C@H](C)[C@@H](O[C@H]2C[C@@](C)(OC)[C@](O)(CNCCOC)[C@H](C)O2)[C@H](C)[C@@H](O[C@@H]2O[C@H](C)C[C@H]3[C@H]2O/C(=N\c2ccccc2)N3C)[C@](C)(O)C[C@@H](C)CN[C@H](C)[C@@H](O)[C@]1(C)O. The van der Waals surface area contributed by atoms with E-state index < -0.39 is 95.5 Å². The van der Waals surface area contributed by atoms with Crippen LogP contribution in [-0.2, 0) is 42.7 Å². The van der Waals surface area contributed by atoms with Crippen molar-refractivity contribution in [2.45, 2.75) is 185 Å². The summed E-state index contributed by atoms with van der Waals surface area (Å²) >= 11 is 0. The van der Waals surface area contributed by atoms with Gasteiger partial charge in [0, 0.05) is 52.7 Å². The van der Waals surface area contributed by atoms with Gasteiger partial charge in [-0.1, -0.05) is 39.0 Å². The minimum Gasteiger partial charge on any atom is -0.459 e. The molecule has 4 aliphatic rings. The Kier molecular flexibility index (Phi) is 17.7. The van der Waals surface area contributed by atoms with Crippen molar-refractivity contribution in [3.63, 3.8) is 0 Å². The largest absolute Gasteiger partial charge is 0.459 e. The van der Waals surface area contributed by atoms with Gasteiger partial charge in [0.1, 0.15) is 29.0 Å². The van der Waals surface area contributed by atoms with Crippen LogP contribution in [0.3, 0.4) is 0 Å². The molecule has 0 spiro atoms. The Morgan fingerprint density at radius 2 is 1.66 bits per heavy atom. The van der Waals surface area contributed by atoms with Crippen LogP contribution in [0.4, 0.5) is 5.69 Å². The normalized spacial score (nSPS) is 44.7. The molecule has 0 aromatic heterocycles. The van der Waals surface area contributed by atoms with E-state index in [0.717, 1.165) is 5.69 Å². The van der Waals surface area contributed by atoms with Crippen LogP contribution in [0.5, 0.6) is 0 Å². The smallest absolute Gasteiger partial charge is 0.311 e. The summed E-state index contributed by atoms with van der Waals surface area (Å²) in [5.41, 5.74) is -5.35. The minimum absolute atomic E-state index is 0.0684. The molecule has 64 heavy (non-hydrogen) atoms. The van der Waals surface area contributed by atoms with Gasteiger partial charge in [-0.25, -0.2) is 0 Å². The molecule has 17 heteroatoms. The van der Waals surface area contributed by atoms with Gasteiger partial charge in [-0.2, -0.15) is 4.99 Å². The third-order valence-electron chi connectivity index (χ3n) is 14.4. The molecule has 366 valence electrons. The average Bonchev–Trinajstić information content (AvgIpc) is 3.55. The number of para-hydroxylation sites is 1. The van der Waals surface area contributed by atoms with Gasteiger partial charge in [0.2, 0.25) is 0 Å². The molecule has 1 aromatic rings. The molecule has 4 heterocycles. The Morgan fingerprint density at radius 3 is 2.30 bits per heavy atom. The second kappa shape index (κ2) is 21.6. The standard InChI is InChI=1S/C47H80N4O13/c1-14-35-46(10,55)39(52)31(6)49-25-27(2)23-44(8,54)40(64-42-38-34(22-28(3)59-42)51(11)43(63-38)50-33-18-16-15-17-19-33)29(4)37(30(5)41(53)61-35)62-36-24-45(9,58-13)47(56,32(7)60-36)26-48-20-21-57-12/h15-19,27-32,34-40,42,48-49,52,54-56H,14,20-26H2,1-13H3/b50-43-/t27-,28-,29+,30-,31-,32+,34+,35-,36+,37+,38-,39-,40-,42+,44-,45-,46-,47+/m1/s1. The number of ether oxygens (including phenoxy) is 8. The number of esters is 1. The summed E-state index contributed by atoms with van der Waals surface area (Å²) < 4.78 is 51.0. The van der Waals surface area contributed by atoms with Crippen LogP contribution >= 0.6 is 0 Å². The van der Waals surface area contributed by atoms with Gasteiger partial charge in [-0.3, -0.25) is 4.79 Å². The zero-order valence-electron chi connectivity index (χ0n) is 40.5. The topological polar surface area (TPSA) is 211 Å². The highest BCUT2D eigenvalue weighted by molar-refractivity contribution is 5.79. The summed E-state index contributed by atoms with van der Waals surface area (Å²) in [6.45, 7) is 19.2. The highest BCUT2D eigenvalue weighted by Gasteiger charge is 2.59. The average molecular weight is 909 g/mol. The highest BCUT2D eigenvalue weighted by Crippen LogP contribution is 2.44. The molecule has 1 aromatic carbocycles. The van der Waals surface area contributed by atoms with Crippen LogP contribution in [0.25, 0.3) is 0 Å². The summed E-state index contributed by atoms with van der Waals surface area (Å²) in [6, 6.07) is 9.19. The van der Waals surface area contributed by atoms with E-state index in [2.05, 4.69) is 10.6 Å². The van der Waals surface area contributed by atoms with Gasteiger partial charge in [0.05, 0.1) is 54.3 Å². The lowest BCUT2D eigenvalue weighted by atomic mass is 9.75. The number of nitrogens with zero attached hydrogens (tertiary/aromatic N) is 2. The first-order valence-corrected chi connectivity index (χ1v) is 23.2. The van der Waals surface area contributed by atoms with E-state index in [1.165, 1.54) is 14.0 Å². The first kappa shape index (κ1) is 52.4. The van der Waals surface area contributed by atoms with Gasteiger partial charge in [0.25, 0.3) is 6.02 Å². The second-order valence-corrected chi connectivity index (χ2v) is 19.7. The van der Waals surface area contributed by atoms with Crippen LogP contribution < -0.4 is 10.6 Å². The number of hydrogen-bond donors (Lipinski definition) is 6. The zero-order valence-corrected chi connectivity index (χ0v) is 40.5. The fourth-order valence-corrected chi connectivity index (χ4v) is 10.3. The molecule has 5 rings (SSSR count). The number of aliphatic imine (C=N–C) groups is 1. The number of aliphatic hydroxyl groups excluding tert-OH is 1.